The molecule has 160 valence electrons. The molecule has 6 nitrogen and oxygen atoms in total. The molecule has 6 heteroatoms. The number of aromatic nitrogens is 1. The van der Waals surface area contributed by atoms with E-state index in [9.17, 15) is 0 Å². The van der Waals surface area contributed by atoms with E-state index in [1.165, 1.54) is 38.5 Å². The molecule has 2 N–H and O–H groups in total. The van der Waals surface area contributed by atoms with Crippen LogP contribution in [0, 0.1) is 0 Å². The van der Waals surface area contributed by atoms with Crippen molar-refractivity contribution in [3.63, 3.8) is 0 Å². The second kappa shape index (κ2) is 13.6. The molecule has 0 spiro atoms. The molecule has 0 bridgehead atoms. The van der Waals surface area contributed by atoms with Crippen LogP contribution in [0.15, 0.2) is 15.6 Å². The minimum absolute atomic E-state index is 0.482. The fourth-order valence-corrected chi connectivity index (χ4v) is 3.80. The number of nitrogens with zero attached hydrogens (tertiary/aromatic N) is 2. The van der Waals surface area contributed by atoms with E-state index in [-0.39, 0.29) is 0 Å². The normalized spacial score (nSPS) is 16.4. The smallest absolute Gasteiger partial charge is 0.191 e. The van der Waals surface area contributed by atoms with Crippen LogP contribution in [-0.2, 0) is 11.3 Å². The molecule has 0 atom stereocenters. The molecule has 0 amide bonds. The van der Waals surface area contributed by atoms with E-state index in [4.69, 9.17) is 9.26 Å². The first kappa shape index (κ1) is 22.7. The zero-order valence-electron chi connectivity index (χ0n) is 18.1. The Morgan fingerprint density at radius 2 is 1.93 bits per heavy atom. The van der Waals surface area contributed by atoms with E-state index < -0.39 is 0 Å². The van der Waals surface area contributed by atoms with Crippen LogP contribution in [0.3, 0.4) is 0 Å². The third-order valence-corrected chi connectivity index (χ3v) is 5.65. The second-order valence-corrected chi connectivity index (χ2v) is 7.78. The molecule has 1 fully saturated rings. The Morgan fingerprint density at radius 1 is 1.18 bits per heavy atom. The summed E-state index contributed by atoms with van der Waals surface area (Å²) < 4.78 is 11.5. The molecule has 1 aliphatic carbocycles. The largest absolute Gasteiger partial charge is 0.378 e. The molecule has 0 saturated heterocycles. The summed E-state index contributed by atoms with van der Waals surface area (Å²) in [6.07, 6.45) is 12.7. The van der Waals surface area contributed by atoms with Crippen LogP contribution in [0.5, 0.6) is 0 Å². The van der Waals surface area contributed by atoms with Crippen LogP contribution in [0.1, 0.15) is 95.4 Å². The van der Waals surface area contributed by atoms with Crippen LogP contribution in [0.4, 0.5) is 0 Å². The van der Waals surface area contributed by atoms with Gasteiger partial charge in [-0.05, 0) is 38.5 Å². The van der Waals surface area contributed by atoms with Crippen molar-refractivity contribution in [2.75, 3.05) is 20.2 Å². The third-order valence-electron chi connectivity index (χ3n) is 5.65. The molecule has 28 heavy (non-hydrogen) atoms. The van der Waals surface area contributed by atoms with E-state index in [1.807, 2.05) is 0 Å². The van der Waals surface area contributed by atoms with Crippen LogP contribution in [-0.4, -0.2) is 37.4 Å². The van der Waals surface area contributed by atoms with Gasteiger partial charge in [-0.15, -0.1) is 0 Å². The number of aliphatic imine (C=N–C) groups is 1. The molecular formula is C22H40N4O2. The first-order valence-electron chi connectivity index (χ1n) is 11.3. The number of hydrogen-bond acceptors (Lipinski definition) is 4. The lowest BCUT2D eigenvalue weighted by molar-refractivity contribution is 0.0411. The van der Waals surface area contributed by atoms with Gasteiger partial charge in [-0.1, -0.05) is 44.7 Å². The van der Waals surface area contributed by atoms with Gasteiger partial charge in [0.05, 0.1) is 18.3 Å². The molecule has 0 aromatic carbocycles. The highest BCUT2D eigenvalue weighted by atomic mass is 16.5. The maximum Gasteiger partial charge on any atom is 0.191 e. The van der Waals surface area contributed by atoms with Crippen molar-refractivity contribution < 1.29 is 9.26 Å². The summed E-state index contributed by atoms with van der Waals surface area (Å²) in [7, 11) is 1.79. The summed E-state index contributed by atoms with van der Waals surface area (Å²) >= 11 is 0. The van der Waals surface area contributed by atoms with Gasteiger partial charge in [0, 0.05) is 32.2 Å². The predicted octanol–water partition coefficient (Wildman–Crippen LogP) is 4.76. The molecule has 0 unspecified atom stereocenters. The maximum absolute atomic E-state index is 6.05. The summed E-state index contributed by atoms with van der Waals surface area (Å²) in [6.45, 7) is 6.73. The molecule has 0 aliphatic heterocycles. The van der Waals surface area contributed by atoms with Crippen molar-refractivity contribution >= 4 is 5.96 Å². The Bertz CT molecular complexity index is 546. The number of guanidine groups is 1. The molecule has 2 rings (SSSR count). The van der Waals surface area contributed by atoms with Crippen molar-refractivity contribution in [2.24, 2.45) is 4.99 Å². The van der Waals surface area contributed by atoms with Crippen molar-refractivity contribution in [1.82, 2.24) is 15.8 Å². The second-order valence-electron chi connectivity index (χ2n) is 7.78. The highest BCUT2D eigenvalue weighted by molar-refractivity contribution is 5.79. The summed E-state index contributed by atoms with van der Waals surface area (Å²) in [5.41, 5.74) is 1.05. The molecular weight excluding hydrogens is 352 g/mol. The summed E-state index contributed by atoms with van der Waals surface area (Å²) in [6, 6.07) is 2.06. The van der Waals surface area contributed by atoms with Crippen molar-refractivity contribution in [3.05, 3.63) is 17.5 Å². The summed E-state index contributed by atoms with van der Waals surface area (Å²) in [5.74, 6) is 2.13. The average Bonchev–Trinajstić information content (AvgIpc) is 3.02. The van der Waals surface area contributed by atoms with E-state index in [1.54, 1.807) is 7.05 Å². The third kappa shape index (κ3) is 8.21. The van der Waals surface area contributed by atoms with Gasteiger partial charge in [0.15, 0.2) is 11.7 Å². The molecule has 1 saturated carbocycles. The molecule has 0 radical (unpaired) electrons. The zero-order valence-corrected chi connectivity index (χ0v) is 18.1. The van der Waals surface area contributed by atoms with E-state index in [0.29, 0.717) is 18.6 Å². The highest BCUT2D eigenvalue weighted by Crippen LogP contribution is 2.22. The Hall–Kier alpha value is -1.56. The Balaban J connectivity index is 1.57. The van der Waals surface area contributed by atoms with E-state index in [2.05, 4.69) is 40.7 Å². The van der Waals surface area contributed by atoms with Gasteiger partial charge < -0.3 is 19.9 Å². The quantitative estimate of drug-likeness (QED) is 0.246. The first-order chi connectivity index (χ1) is 13.8. The minimum Gasteiger partial charge on any atom is -0.378 e. The average molecular weight is 393 g/mol. The molecule has 1 aromatic heterocycles. The van der Waals surface area contributed by atoms with Gasteiger partial charge in [-0.25, -0.2) is 0 Å². The number of ether oxygens (including phenoxy) is 1. The fourth-order valence-electron chi connectivity index (χ4n) is 3.80. The lowest BCUT2D eigenvalue weighted by atomic mass is 9.99. The van der Waals surface area contributed by atoms with Gasteiger partial charge in [-0.2, -0.15) is 0 Å². The van der Waals surface area contributed by atoms with Gasteiger partial charge in [0.1, 0.15) is 0 Å². The minimum atomic E-state index is 0.482. The van der Waals surface area contributed by atoms with E-state index in [0.717, 1.165) is 56.2 Å². The summed E-state index contributed by atoms with van der Waals surface area (Å²) in [4.78, 5) is 4.28. The molecule has 1 aliphatic rings. The lowest BCUT2D eigenvalue weighted by Crippen LogP contribution is -2.37. The Labute approximate surface area is 170 Å². The molecule has 1 aromatic rings. The standard InChI is InChI=1S/C22H40N4O2/c1-4-18(5-2)21-16-20(28-26-21)17-25-22(23-3)24-14-10-11-15-27-19-12-8-6-7-9-13-19/h16,18-19H,4-15,17H2,1-3H3,(H2,23,24,25). The van der Waals surface area contributed by atoms with Crippen LogP contribution < -0.4 is 10.6 Å². The molecule has 1 heterocycles. The van der Waals surface area contributed by atoms with Gasteiger partial charge in [0.2, 0.25) is 0 Å². The predicted molar refractivity (Wildman–Crippen MR) is 115 cm³/mol. The summed E-state index contributed by atoms with van der Waals surface area (Å²) in [5, 5.41) is 10.9. The Morgan fingerprint density at radius 3 is 2.61 bits per heavy atom. The van der Waals surface area contributed by atoms with Crippen LogP contribution in [0.25, 0.3) is 0 Å². The van der Waals surface area contributed by atoms with Crippen molar-refractivity contribution in [3.8, 4) is 0 Å². The number of nitrogens with one attached hydrogen (secondary N) is 2. The zero-order chi connectivity index (χ0) is 20.0. The lowest BCUT2D eigenvalue weighted by Gasteiger charge is -2.15. The maximum atomic E-state index is 6.05. The highest BCUT2D eigenvalue weighted by Gasteiger charge is 2.13. The van der Waals surface area contributed by atoms with Gasteiger partial charge in [0.25, 0.3) is 0 Å². The Kier molecular flexibility index (Phi) is 11.0. The first-order valence-corrected chi connectivity index (χ1v) is 11.3. The number of unbranched alkanes of at least 4 members (excludes halogenated alkanes) is 1. The van der Waals surface area contributed by atoms with Gasteiger partial charge >= 0.3 is 0 Å². The SMILES string of the molecule is CCC(CC)c1cc(CNC(=NC)NCCCCOC2CCCCCC2)on1. The van der Waals surface area contributed by atoms with Gasteiger partial charge in [-0.3, -0.25) is 4.99 Å². The van der Waals surface area contributed by atoms with E-state index >= 15 is 0 Å². The van der Waals surface area contributed by atoms with Crippen LogP contribution in [0.2, 0.25) is 0 Å². The van der Waals surface area contributed by atoms with Crippen molar-refractivity contribution in [1.29, 1.82) is 0 Å². The number of hydrogen-bond donors (Lipinski definition) is 2. The fraction of sp³-hybridized carbons (Fsp3) is 0.818. The topological polar surface area (TPSA) is 71.7 Å². The number of rotatable bonds is 11. The van der Waals surface area contributed by atoms with Crippen LogP contribution >= 0.6 is 0 Å². The monoisotopic (exact) mass is 392 g/mol. The van der Waals surface area contributed by atoms with Crippen molar-refractivity contribution in [2.45, 2.75) is 96.6 Å².